The molecule has 0 radical (unpaired) electrons. The lowest BCUT2D eigenvalue weighted by Gasteiger charge is -2.12. The van der Waals surface area contributed by atoms with Crippen molar-refractivity contribution in [2.24, 2.45) is 0 Å². The third-order valence-corrected chi connectivity index (χ3v) is 3.92. The van der Waals surface area contributed by atoms with E-state index in [0.29, 0.717) is 6.61 Å². The Bertz CT molecular complexity index is 747. The second kappa shape index (κ2) is 4.69. The summed E-state index contributed by atoms with van der Waals surface area (Å²) in [7, 11) is 0. The Morgan fingerprint density at radius 2 is 2.05 bits per heavy atom. The Balaban J connectivity index is 1.56. The summed E-state index contributed by atoms with van der Waals surface area (Å²) < 4.78 is 5.70. The summed E-state index contributed by atoms with van der Waals surface area (Å²) in [5.74, 6) is 1.00. The standard InChI is InChI=1S/C17H16N2O/c1-2-7-17-14(5-1)16(11-20-17)19-10-12-4-3-6-15-13(12)8-9-18-15/h1-9,16,18-19H,10-11H2. The van der Waals surface area contributed by atoms with E-state index in [2.05, 4.69) is 46.7 Å². The third kappa shape index (κ3) is 1.87. The van der Waals surface area contributed by atoms with Crippen molar-refractivity contribution in [2.45, 2.75) is 12.6 Å². The van der Waals surface area contributed by atoms with Gasteiger partial charge in [-0.3, -0.25) is 0 Å². The van der Waals surface area contributed by atoms with E-state index in [4.69, 9.17) is 4.74 Å². The van der Waals surface area contributed by atoms with E-state index >= 15 is 0 Å². The maximum Gasteiger partial charge on any atom is 0.124 e. The first-order valence-electron chi connectivity index (χ1n) is 6.92. The largest absolute Gasteiger partial charge is 0.491 e. The lowest BCUT2D eigenvalue weighted by molar-refractivity contribution is 0.310. The first-order valence-corrected chi connectivity index (χ1v) is 6.92. The average Bonchev–Trinajstić information content (AvgIpc) is 3.12. The van der Waals surface area contributed by atoms with Gasteiger partial charge in [0.1, 0.15) is 12.4 Å². The highest BCUT2D eigenvalue weighted by atomic mass is 16.5. The van der Waals surface area contributed by atoms with E-state index in [9.17, 15) is 0 Å². The fourth-order valence-electron chi connectivity index (χ4n) is 2.87. The number of nitrogens with one attached hydrogen (secondary N) is 2. The fourth-order valence-corrected chi connectivity index (χ4v) is 2.87. The van der Waals surface area contributed by atoms with Crippen LogP contribution in [-0.4, -0.2) is 11.6 Å². The Kier molecular flexibility index (Phi) is 2.71. The highest BCUT2D eigenvalue weighted by Crippen LogP contribution is 2.32. The summed E-state index contributed by atoms with van der Waals surface area (Å²) in [5.41, 5.74) is 3.76. The van der Waals surface area contributed by atoms with E-state index in [1.54, 1.807) is 0 Å². The predicted molar refractivity (Wildman–Crippen MR) is 79.8 cm³/mol. The van der Waals surface area contributed by atoms with E-state index in [0.717, 1.165) is 12.3 Å². The lowest BCUT2D eigenvalue weighted by atomic mass is 10.1. The smallest absolute Gasteiger partial charge is 0.124 e. The Morgan fingerprint density at radius 3 is 3.05 bits per heavy atom. The van der Waals surface area contributed by atoms with Gasteiger partial charge in [-0.25, -0.2) is 0 Å². The zero-order valence-electron chi connectivity index (χ0n) is 11.1. The van der Waals surface area contributed by atoms with E-state index in [-0.39, 0.29) is 6.04 Å². The van der Waals surface area contributed by atoms with Crippen LogP contribution in [0, 0.1) is 0 Å². The molecule has 1 aromatic heterocycles. The number of aromatic nitrogens is 1. The van der Waals surface area contributed by atoms with E-state index in [1.807, 2.05) is 18.3 Å². The van der Waals surface area contributed by atoms with E-state index in [1.165, 1.54) is 22.0 Å². The van der Waals surface area contributed by atoms with Gasteiger partial charge in [-0.05, 0) is 23.8 Å². The van der Waals surface area contributed by atoms with Crippen molar-refractivity contribution in [3.05, 3.63) is 65.9 Å². The number of aromatic amines is 1. The summed E-state index contributed by atoms with van der Waals surface area (Å²) in [5, 5.41) is 4.88. The van der Waals surface area contributed by atoms with Crippen molar-refractivity contribution < 1.29 is 4.74 Å². The molecule has 1 aliphatic heterocycles. The maximum atomic E-state index is 5.70. The van der Waals surface area contributed by atoms with Gasteiger partial charge < -0.3 is 15.0 Å². The number of hydrogen-bond donors (Lipinski definition) is 2. The van der Waals surface area contributed by atoms with Crippen LogP contribution in [0.25, 0.3) is 10.9 Å². The molecular weight excluding hydrogens is 248 g/mol. The summed E-state index contributed by atoms with van der Waals surface area (Å²) in [6.07, 6.45) is 1.99. The molecule has 2 heterocycles. The molecule has 0 saturated heterocycles. The molecular formula is C17H16N2O. The van der Waals surface area contributed by atoms with Crippen molar-refractivity contribution in [1.82, 2.24) is 10.3 Å². The van der Waals surface area contributed by atoms with Crippen molar-refractivity contribution in [1.29, 1.82) is 0 Å². The van der Waals surface area contributed by atoms with Crippen LogP contribution in [0.4, 0.5) is 0 Å². The molecule has 3 nitrogen and oxygen atoms in total. The number of fused-ring (bicyclic) bond motifs is 2. The quantitative estimate of drug-likeness (QED) is 0.761. The molecule has 3 aromatic rings. The zero-order chi connectivity index (χ0) is 13.4. The van der Waals surface area contributed by atoms with Crippen LogP contribution < -0.4 is 10.1 Å². The second-order valence-corrected chi connectivity index (χ2v) is 5.14. The Hall–Kier alpha value is -2.26. The molecule has 0 amide bonds. The molecule has 3 heteroatoms. The summed E-state index contributed by atoms with van der Waals surface area (Å²) in [6, 6.07) is 17.0. The Morgan fingerprint density at radius 1 is 1.10 bits per heavy atom. The van der Waals surface area contributed by atoms with Gasteiger partial charge in [-0.1, -0.05) is 30.3 Å². The van der Waals surface area contributed by atoms with Gasteiger partial charge in [0.2, 0.25) is 0 Å². The van der Waals surface area contributed by atoms with Crippen LogP contribution >= 0.6 is 0 Å². The number of benzene rings is 2. The van der Waals surface area contributed by atoms with Gasteiger partial charge in [-0.2, -0.15) is 0 Å². The number of hydrogen-bond acceptors (Lipinski definition) is 2. The molecule has 100 valence electrons. The first-order chi connectivity index (χ1) is 9.92. The van der Waals surface area contributed by atoms with Crippen LogP contribution in [0.5, 0.6) is 5.75 Å². The van der Waals surface area contributed by atoms with Gasteiger partial charge in [0, 0.05) is 29.2 Å². The molecule has 0 bridgehead atoms. The Labute approximate surface area is 117 Å². The van der Waals surface area contributed by atoms with Crippen molar-refractivity contribution in [3.8, 4) is 5.75 Å². The molecule has 2 aromatic carbocycles. The topological polar surface area (TPSA) is 37.0 Å². The predicted octanol–water partition coefficient (Wildman–Crippen LogP) is 3.39. The van der Waals surface area contributed by atoms with Gasteiger partial charge in [0.25, 0.3) is 0 Å². The van der Waals surface area contributed by atoms with E-state index < -0.39 is 0 Å². The molecule has 1 aliphatic rings. The highest BCUT2D eigenvalue weighted by Gasteiger charge is 2.22. The van der Waals surface area contributed by atoms with Crippen molar-refractivity contribution >= 4 is 10.9 Å². The monoisotopic (exact) mass is 264 g/mol. The van der Waals surface area contributed by atoms with Crippen LogP contribution in [0.2, 0.25) is 0 Å². The lowest BCUT2D eigenvalue weighted by Crippen LogP contribution is -2.22. The number of rotatable bonds is 3. The van der Waals surface area contributed by atoms with Gasteiger partial charge in [0.05, 0.1) is 6.04 Å². The highest BCUT2D eigenvalue weighted by molar-refractivity contribution is 5.82. The van der Waals surface area contributed by atoms with Crippen molar-refractivity contribution in [2.75, 3.05) is 6.61 Å². The molecule has 0 fully saturated rings. The molecule has 1 unspecified atom stereocenters. The van der Waals surface area contributed by atoms with Gasteiger partial charge in [0.15, 0.2) is 0 Å². The summed E-state index contributed by atoms with van der Waals surface area (Å²) in [6.45, 7) is 1.56. The van der Waals surface area contributed by atoms with Crippen LogP contribution in [0.3, 0.4) is 0 Å². The van der Waals surface area contributed by atoms with Crippen LogP contribution in [-0.2, 0) is 6.54 Å². The molecule has 2 N–H and O–H groups in total. The number of H-pyrrole nitrogens is 1. The number of ether oxygens (including phenoxy) is 1. The molecule has 0 aliphatic carbocycles. The SMILES string of the molecule is c1ccc2c(c1)OCC2NCc1cccc2[nH]ccc12. The minimum Gasteiger partial charge on any atom is -0.491 e. The minimum absolute atomic E-state index is 0.278. The van der Waals surface area contributed by atoms with Gasteiger partial charge >= 0.3 is 0 Å². The van der Waals surface area contributed by atoms with Crippen LogP contribution in [0.1, 0.15) is 17.2 Å². The molecule has 0 spiro atoms. The summed E-state index contributed by atoms with van der Waals surface area (Å²) >= 11 is 0. The maximum absolute atomic E-state index is 5.70. The number of para-hydroxylation sites is 1. The summed E-state index contributed by atoms with van der Waals surface area (Å²) in [4.78, 5) is 3.25. The molecule has 20 heavy (non-hydrogen) atoms. The first kappa shape index (κ1) is 11.6. The minimum atomic E-state index is 0.278. The fraction of sp³-hybridized carbons (Fsp3) is 0.176. The normalized spacial score (nSPS) is 17.1. The average molecular weight is 264 g/mol. The van der Waals surface area contributed by atoms with Gasteiger partial charge in [-0.15, -0.1) is 0 Å². The van der Waals surface area contributed by atoms with Crippen molar-refractivity contribution in [3.63, 3.8) is 0 Å². The van der Waals surface area contributed by atoms with Crippen LogP contribution in [0.15, 0.2) is 54.7 Å². The molecule has 4 rings (SSSR count). The zero-order valence-corrected chi connectivity index (χ0v) is 11.1. The molecule has 1 atom stereocenters. The molecule has 0 saturated carbocycles. The second-order valence-electron chi connectivity index (χ2n) is 5.14. The third-order valence-electron chi connectivity index (χ3n) is 3.92.